The molecule has 0 unspecified atom stereocenters. The predicted molar refractivity (Wildman–Crippen MR) is 113 cm³/mol. The van der Waals surface area contributed by atoms with E-state index in [1.807, 2.05) is 0 Å². The Labute approximate surface area is 155 Å². The van der Waals surface area contributed by atoms with Gasteiger partial charge in [-0.3, -0.25) is 0 Å². The molecule has 1 aromatic rings. The molecule has 134 valence electrons. The Bertz CT molecular complexity index is 693. The molecular formula is C25H34. The highest BCUT2D eigenvalue weighted by molar-refractivity contribution is 5.58. The monoisotopic (exact) mass is 334 g/mol. The zero-order chi connectivity index (χ0) is 18.3. The van der Waals surface area contributed by atoms with Crippen molar-refractivity contribution in [2.75, 3.05) is 0 Å². The first-order valence-electron chi connectivity index (χ1n) is 9.70. The molecule has 0 nitrogen and oxygen atoms in total. The third kappa shape index (κ3) is 5.88. The van der Waals surface area contributed by atoms with Gasteiger partial charge in [-0.05, 0) is 62.5 Å². The molecule has 0 spiro atoms. The molecule has 2 aliphatic rings. The topological polar surface area (TPSA) is 0 Å². The van der Waals surface area contributed by atoms with Crippen LogP contribution < -0.4 is 0 Å². The summed E-state index contributed by atoms with van der Waals surface area (Å²) in [7, 11) is 0. The number of benzene rings is 1. The van der Waals surface area contributed by atoms with Gasteiger partial charge in [0.25, 0.3) is 0 Å². The molecule has 0 fully saturated rings. The minimum atomic E-state index is 0.307. The first kappa shape index (κ1) is 19.5. The van der Waals surface area contributed by atoms with Gasteiger partial charge in [0.05, 0.1) is 0 Å². The van der Waals surface area contributed by atoms with Crippen LogP contribution in [0.25, 0.3) is 6.08 Å². The van der Waals surface area contributed by atoms with Gasteiger partial charge in [-0.25, -0.2) is 0 Å². The molecule has 0 amide bonds. The maximum absolute atomic E-state index is 2.39. The summed E-state index contributed by atoms with van der Waals surface area (Å²) < 4.78 is 0. The molecule has 0 saturated carbocycles. The number of hydrogen-bond acceptors (Lipinski definition) is 0. The fourth-order valence-electron chi connectivity index (χ4n) is 3.56. The Hall–Kier alpha value is -1.82. The lowest BCUT2D eigenvalue weighted by Crippen LogP contribution is -2.18. The quantitative estimate of drug-likeness (QED) is 0.484. The molecule has 0 aliphatic heterocycles. The minimum absolute atomic E-state index is 0.307. The SMILES string of the molecule is CC1=CC/C(=C\c2ccccc2C)C(C)(C)C1.CCC1=CCCC=C1. The van der Waals surface area contributed by atoms with Crippen LogP contribution in [0.4, 0.5) is 0 Å². The summed E-state index contributed by atoms with van der Waals surface area (Å²) in [5.41, 5.74) is 7.61. The van der Waals surface area contributed by atoms with E-state index in [1.165, 1.54) is 48.0 Å². The Kier molecular flexibility index (Phi) is 7.05. The number of allylic oxidation sites excluding steroid dienone is 7. The summed E-state index contributed by atoms with van der Waals surface area (Å²) in [5, 5.41) is 0. The van der Waals surface area contributed by atoms with Gasteiger partial charge in [-0.2, -0.15) is 0 Å². The Morgan fingerprint density at radius 1 is 1.04 bits per heavy atom. The summed E-state index contributed by atoms with van der Waals surface area (Å²) in [6.07, 6.45) is 17.5. The summed E-state index contributed by atoms with van der Waals surface area (Å²) in [6.45, 7) is 11.3. The second kappa shape index (κ2) is 9.04. The summed E-state index contributed by atoms with van der Waals surface area (Å²) in [5.74, 6) is 0. The van der Waals surface area contributed by atoms with E-state index >= 15 is 0 Å². The van der Waals surface area contributed by atoms with E-state index in [-0.39, 0.29) is 0 Å². The van der Waals surface area contributed by atoms with E-state index in [4.69, 9.17) is 0 Å². The van der Waals surface area contributed by atoms with E-state index in [1.54, 1.807) is 5.57 Å². The lowest BCUT2D eigenvalue weighted by molar-refractivity contribution is 0.424. The molecule has 0 atom stereocenters. The smallest absolute Gasteiger partial charge is 0.0101 e. The molecule has 0 N–H and O–H groups in total. The lowest BCUT2D eigenvalue weighted by atomic mass is 9.73. The average molecular weight is 335 g/mol. The fraction of sp³-hybridized carbons (Fsp3) is 0.440. The van der Waals surface area contributed by atoms with Crippen molar-refractivity contribution in [2.45, 2.75) is 66.7 Å². The Morgan fingerprint density at radius 2 is 1.80 bits per heavy atom. The number of hydrogen-bond donors (Lipinski definition) is 0. The van der Waals surface area contributed by atoms with Crippen LogP contribution in [-0.4, -0.2) is 0 Å². The molecule has 0 aromatic heterocycles. The van der Waals surface area contributed by atoms with Crippen LogP contribution in [0.2, 0.25) is 0 Å². The summed E-state index contributed by atoms with van der Waals surface area (Å²) in [4.78, 5) is 0. The lowest BCUT2D eigenvalue weighted by Gasteiger charge is -2.32. The van der Waals surface area contributed by atoms with Crippen molar-refractivity contribution >= 4 is 6.08 Å². The van der Waals surface area contributed by atoms with E-state index in [9.17, 15) is 0 Å². The van der Waals surface area contributed by atoms with E-state index in [2.05, 4.69) is 89.3 Å². The highest BCUT2D eigenvalue weighted by Crippen LogP contribution is 2.40. The predicted octanol–water partition coefficient (Wildman–Crippen LogP) is 7.82. The zero-order valence-electron chi connectivity index (χ0n) is 16.7. The van der Waals surface area contributed by atoms with Gasteiger partial charge >= 0.3 is 0 Å². The van der Waals surface area contributed by atoms with Crippen molar-refractivity contribution in [3.8, 4) is 0 Å². The molecular weight excluding hydrogens is 300 g/mol. The second-order valence-electron chi connectivity index (χ2n) is 7.95. The van der Waals surface area contributed by atoms with Gasteiger partial charge in [0.2, 0.25) is 0 Å². The highest BCUT2D eigenvalue weighted by Gasteiger charge is 2.26. The molecule has 25 heavy (non-hydrogen) atoms. The van der Waals surface area contributed by atoms with Crippen molar-refractivity contribution < 1.29 is 0 Å². The molecule has 0 heterocycles. The largest absolute Gasteiger partial charge is 0.0840 e. The average Bonchev–Trinajstić information content (AvgIpc) is 2.60. The zero-order valence-corrected chi connectivity index (χ0v) is 16.7. The minimum Gasteiger partial charge on any atom is -0.0840 e. The normalized spacial score (nSPS) is 20.4. The van der Waals surface area contributed by atoms with Gasteiger partial charge in [0.1, 0.15) is 0 Å². The molecule has 0 bridgehead atoms. The number of aryl methyl sites for hydroxylation is 1. The van der Waals surface area contributed by atoms with Crippen molar-refractivity contribution in [2.24, 2.45) is 5.41 Å². The van der Waals surface area contributed by atoms with E-state index in [0.717, 1.165) is 6.42 Å². The van der Waals surface area contributed by atoms with Gasteiger partial charge in [0, 0.05) is 0 Å². The standard InChI is InChI=1S/C17H22.C8H12/c1-13-9-10-16(17(3,4)12-13)11-15-8-6-5-7-14(15)2;1-2-8-6-4-3-5-7-8/h5-9,11H,10,12H2,1-4H3;4,6-7H,2-3,5H2,1H3/b16-11+;. The third-order valence-corrected chi connectivity index (χ3v) is 5.26. The number of rotatable bonds is 2. The second-order valence-corrected chi connectivity index (χ2v) is 7.95. The van der Waals surface area contributed by atoms with Crippen molar-refractivity contribution in [1.82, 2.24) is 0 Å². The molecule has 1 aromatic carbocycles. The molecule has 3 rings (SSSR count). The first-order chi connectivity index (χ1) is 11.9. The Morgan fingerprint density at radius 3 is 2.36 bits per heavy atom. The first-order valence-corrected chi connectivity index (χ1v) is 9.70. The fourth-order valence-corrected chi connectivity index (χ4v) is 3.56. The maximum atomic E-state index is 2.39. The third-order valence-electron chi connectivity index (χ3n) is 5.26. The molecule has 2 aliphatic carbocycles. The highest BCUT2D eigenvalue weighted by atomic mass is 14.3. The van der Waals surface area contributed by atoms with Gasteiger partial charge in [-0.15, -0.1) is 0 Å². The van der Waals surface area contributed by atoms with Gasteiger partial charge in [-0.1, -0.05) is 92.1 Å². The van der Waals surface area contributed by atoms with Crippen molar-refractivity contribution in [3.63, 3.8) is 0 Å². The van der Waals surface area contributed by atoms with Crippen LogP contribution >= 0.6 is 0 Å². The van der Waals surface area contributed by atoms with Crippen LogP contribution in [0.5, 0.6) is 0 Å². The van der Waals surface area contributed by atoms with E-state index in [0.29, 0.717) is 5.41 Å². The molecule has 0 radical (unpaired) electrons. The van der Waals surface area contributed by atoms with Crippen LogP contribution in [0.1, 0.15) is 70.9 Å². The molecule has 0 saturated heterocycles. The van der Waals surface area contributed by atoms with Gasteiger partial charge < -0.3 is 0 Å². The molecule has 0 heteroatoms. The summed E-state index contributed by atoms with van der Waals surface area (Å²) >= 11 is 0. The van der Waals surface area contributed by atoms with Crippen LogP contribution in [-0.2, 0) is 0 Å². The summed E-state index contributed by atoms with van der Waals surface area (Å²) in [6, 6.07) is 8.62. The van der Waals surface area contributed by atoms with Crippen LogP contribution in [0, 0.1) is 12.3 Å². The van der Waals surface area contributed by atoms with Crippen LogP contribution in [0.15, 0.2) is 65.3 Å². The van der Waals surface area contributed by atoms with E-state index < -0.39 is 0 Å². The maximum Gasteiger partial charge on any atom is -0.0101 e. The Balaban J connectivity index is 0.000000236. The van der Waals surface area contributed by atoms with Crippen molar-refractivity contribution in [1.29, 1.82) is 0 Å². The van der Waals surface area contributed by atoms with Crippen LogP contribution in [0.3, 0.4) is 0 Å². The van der Waals surface area contributed by atoms with Crippen molar-refractivity contribution in [3.05, 3.63) is 76.4 Å². The van der Waals surface area contributed by atoms with Gasteiger partial charge in [0.15, 0.2) is 0 Å².